The first kappa shape index (κ1) is 19.8. The quantitative estimate of drug-likeness (QED) is 0.769. The van der Waals surface area contributed by atoms with Crippen LogP contribution in [0.4, 0.5) is 4.39 Å². The van der Waals surface area contributed by atoms with E-state index in [1.165, 1.54) is 12.1 Å². The number of rotatable bonds is 3. The molecule has 2 aliphatic heterocycles. The van der Waals surface area contributed by atoms with Gasteiger partial charge in [0.2, 0.25) is 0 Å². The molecule has 2 aromatic rings. The van der Waals surface area contributed by atoms with Crippen LogP contribution in [0.1, 0.15) is 33.6 Å². The van der Waals surface area contributed by atoms with E-state index in [1.54, 1.807) is 60.2 Å². The van der Waals surface area contributed by atoms with Crippen molar-refractivity contribution in [3.8, 4) is 5.75 Å². The number of carbonyl (C=O) groups is 2. The molecule has 0 bridgehead atoms. The second-order valence-corrected chi connectivity index (χ2v) is 8.74. The van der Waals surface area contributed by atoms with Gasteiger partial charge in [-0.3, -0.25) is 9.59 Å². The predicted molar refractivity (Wildman–Crippen MR) is 111 cm³/mol. The molecule has 4 rings (SSSR count). The summed E-state index contributed by atoms with van der Waals surface area (Å²) in [6, 6.07) is 13.0. The monoisotopic (exact) mass is 414 g/mol. The van der Waals surface area contributed by atoms with Crippen molar-refractivity contribution in [3.63, 3.8) is 0 Å². The number of carbonyl (C=O) groups excluding carboxylic acids is 2. The number of likely N-dealkylation sites (tertiary alicyclic amines) is 1. The lowest BCUT2D eigenvalue weighted by atomic mass is 10.00. The minimum atomic E-state index is -0.410. The van der Waals surface area contributed by atoms with Crippen molar-refractivity contribution in [3.05, 3.63) is 65.5 Å². The van der Waals surface area contributed by atoms with E-state index in [9.17, 15) is 14.0 Å². The molecule has 0 N–H and O–H groups in total. The number of hydrogen-bond acceptors (Lipinski definition) is 4. The molecule has 5 nitrogen and oxygen atoms in total. The molecule has 1 spiro atoms. The fourth-order valence-electron chi connectivity index (χ4n) is 4.06. The highest BCUT2D eigenvalue weighted by Gasteiger charge is 2.47. The summed E-state index contributed by atoms with van der Waals surface area (Å²) in [5, 5.41) is 0. The highest BCUT2D eigenvalue weighted by atomic mass is 32.2. The van der Waals surface area contributed by atoms with Crippen LogP contribution in [0.25, 0.3) is 0 Å². The SMILES string of the molecule is COc1ccc(C(=O)N2CCSC23CCN(C(=O)c2cccc(F)c2)CC3)cc1. The Morgan fingerprint density at radius 2 is 1.72 bits per heavy atom. The first-order valence-corrected chi connectivity index (χ1v) is 10.7. The topological polar surface area (TPSA) is 49.9 Å². The third kappa shape index (κ3) is 3.83. The van der Waals surface area contributed by atoms with Gasteiger partial charge in [0.05, 0.1) is 12.0 Å². The highest BCUT2D eigenvalue weighted by Crippen LogP contribution is 2.44. The van der Waals surface area contributed by atoms with Crippen molar-refractivity contribution in [1.82, 2.24) is 9.80 Å². The molecule has 7 heteroatoms. The standard InChI is InChI=1S/C22H23FN2O3S/c1-28-19-7-5-16(6-8-19)21(27)25-13-14-29-22(25)9-11-24(12-10-22)20(26)17-3-2-4-18(23)15-17/h2-8,15H,9-14H2,1H3. The van der Waals surface area contributed by atoms with Crippen molar-refractivity contribution in [2.24, 2.45) is 0 Å². The minimum Gasteiger partial charge on any atom is -0.497 e. The van der Waals surface area contributed by atoms with Gasteiger partial charge in [-0.15, -0.1) is 11.8 Å². The van der Waals surface area contributed by atoms with Gasteiger partial charge in [0, 0.05) is 36.5 Å². The average molecular weight is 415 g/mol. The Balaban J connectivity index is 1.46. The van der Waals surface area contributed by atoms with Crippen LogP contribution in [0.5, 0.6) is 5.75 Å². The van der Waals surface area contributed by atoms with E-state index in [2.05, 4.69) is 0 Å². The van der Waals surface area contributed by atoms with Crippen molar-refractivity contribution < 1.29 is 18.7 Å². The van der Waals surface area contributed by atoms with Crippen molar-refractivity contribution in [1.29, 1.82) is 0 Å². The minimum absolute atomic E-state index is 0.0163. The predicted octanol–water partition coefficient (Wildman–Crippen LogP) is 3.66. The number of nitrogens with zero attached hydrogens (tertiary/aromatic N) is 2. The molecule has 29 heavy (non-hydrogen) atoms. The molecular weight excluding hydrogens is 391 g/mol. The van der Waals surface area contributed by atoms with Crippen LogP contribution in [-0.4, -0.2) is 59.0 Å². The van der Waals surface area contributed by atoms with E-state index >= 15 is 0 Å². The lowest BCUT2D eigenvalue weighted by Crippen LogP contribution is -2.53. The van der Waals surface area contributed by atoms with E-state index in [-0.39, 0.29) is 16.7 Å². The molecule has 2 heterocycles. The van der Waals surface area contributed by atoms with Crippen molar-refractivity contribution >= 4 is 23.6 Å². The Labute approximate surface area is 173 Å². The number of benzene rings is 2. The number of halogens is 1. The Hall–Kier alpha value is -2.54. The van der Waals surface area contributed by atoms with Crippen LogP contribution < -0.4 is 4.74 Å². The maximum Gasteiger partial charge on any atom is 0.255 e. The zero-order chi connectivity index (χ0) is 20.4. The number of hydrogen-bond donors (Lipinski definition) is 0. The number of amides is 2. The molecule has 2 saturated heterocycles. The van der Waals surface area contributed by atoms with Gasteiger partial charge in [-0.2, -0.15) is 0 Å². The molecule has 0 unspecified atom stereocenters. The summed E-state index contributed by atoms with van der Waals surface area (Å²) in [6.07, 6.45) is 1.42. The summed E-state index contributed by atoms with van der Waals surface area (Å²) >= 11 is 1.80. The van der Waals surface area contributed by atoms with Gasteiger partial charge in [0.1, 0.15) is 11.6 Å². The fraction of sp³-hybridized carbons (Fsp3) is 0.364. The number of piperidine rings is 1. The van der Waals surface area contributed by atoms with Crippen LogP contribution in [0, 0.1) is 5.82 Å². The molecule has 152 valence electrons. The molecule has 2 aromatic carbocycles. The zero-order valence-electron chi connectivity index (χ0n) is 16.3. The normalized spacial score (nSPS) is 18.1. The van der Waals surface area contributed by atoms with E-state index in [0.717, 1.165) is 11.5 Å². The summed E-state index contributed by atoms with van der Waals surface area (Å²) in [7, 11) is 1.60. The fourth-order valence-corrected chi connectivity index (χ4v) is 5.52. The third-order valence-electron chi connectivity index (χ3n) is 5.66. The molecule has 0 radical (unpaired) electrons. The molecule has 0 saturated carbocycles. The molecule has 0 atom stereocenters. The molecule has 2 amide bonds. The summed E-state index contributed by atoms with van der Waals surface area (Å²) < 4.78 is 18.6. The Morgan fingerprint density at radius 1 is 1.00 bits per heavy atom. The zero-order valence-corrected chi connectivity index (χ0v) is 17.1. The average Bonchev–Trinajstić information content (AvgIpc) is 3.16. The van der Waals surface area contributed by atoms with Gasteiger partial charge in [-0.1, -0.05) is 6.07 Å². The first-order valence-electron chi connectivity index (χ1n) is 9.67. The summed E-state index contributed by atoms with van der Waals surface area (Å²) in [6.45, 7) is 1.80. The van der Waals surface area contributed by atoms with Gasteiger partial charge in [-0.25, -0.2) is 4.39 Å². The maximum atomic E-state index is 13.5. The highest BCUT2D eigenvalue weighted by molar-refractivity contribution is 8.00. The van der Waals surface area contributed by atoms with E-state index in [0.29, 0.717) is 43.6 Å². The first-order chi connectivity index (χ1) is 14.0. The van der Waals surface area contributed by atoms with Gasteiger partial charge < -0.3 is 14.5 Å². The lowest BCUT2D eigenvalue weighted by molar-refractivity contribution is 0.0497. The van der Waals surface area contributed by atoms with Gasteiger partial charge in [0.15, 0.2) is 0 Å². The summed E-state index contributed by atoms with van der Waals surface area (Å²) in [4.78, 5) is 29.3. The van der Waals surface area contributed by atoms with Crippen LogP contribution >= 0.6 is 11.8 Å². The second-order valence-electron chi connectivity index (χ2n) is 7.28. The molecule has 0 aliphatic carbocycles. The van der Waals surface area contributed by atoms with Gasteiger partial charge in [-0.05, 0) is 55.3 Å². The van der Waals surface area contributed by atoms with Crippen molar-refractivity contribution in [2.75, 3.05) is 32.5 Å². The third-order valence-corrected chi connectivity index (χ3v) is 7.22. The Morgan fingerprint density at radius 3 is 2.38 bits per heavy atom. The molecule has 2 aliphatic rings. The van der Waals surface area contributed by atoms with E-state index < -0.39 is 5.82 Å². The van der Waals surface area contributed by atoms with E-state index in [1.807, 2.05) is 4.90 Å². The van der Waals surface area contributed by atoms with Gasteiger partial charge in [0.25, 0.3) is 11.8 Å². The van der Waals surface area contributed by atoms with Crippen LogP contribution in [-0.2, 0) is 0 Å². The van der Waals surface area contributed by atoms with Crippen LogP contribution in [0.2, 0.25) is 0 Å². The summed E-state index contributed by atoms with van der Waals surface area (Å²) in [5.74, 6) is 1.06. The lowest BCUT2D eigenvalue weighted by Gasteiger charge is -2.44. The smallest absolute Gasteiger partial charge is 0.255 e. The Kier molecular flexibility index (Phi) is 5.50. The van der Waals surface area contributed by atoms with Crippen molar-refractivity contribution in [2.45, 2.75) is 17.7 Å². The number of ether oxygens (including phenoxy) is 1. The largest absolute Gasteiger partial charge is 0.497 e. The molecular formula is C22H23FN2O3S. The number of thioether (sulfide) groups is 1. The molecule has 2 fully saturated rings. The molecule has 0 aromatic heterocycles. The second kappa shape index (κ2) is 8.06. The van der Waals surface area contributed by atoms with Crippen LogP contribution in [0.3, 0.4) is 0 Å². The van der Waals surface area contributed by atoms with E-state index in [4.69, 9.17) is 4.74 Å². The number of methoxy groups -OCH3 is 1. The maximum absolute atomic E-state index is 13.5. The van der Waals surface area contributed by atoms with Gasteiger partial charge >= 0.3 is 0 Å². The Bertz CT molecular complexity index is 911. The summed E-state index contributed by atoms with van der Waals surface area (Å²) in [5.41, 5.74) is 1.01. The van der Waals surface area contributed by atoms with Crippen LogP contribution in [0.15, 0.2) is 48.5 Å².